The van der Waals surface area contributed by atoms with Gasteiger partial charge in [-0.25, -0.2) is 4.98 Å². The topological polar surface area (TPSA) is 59.8 Å². The predicted molar refractivity (Wildman–Crippen MR) is 72.4 cm³/mol. The molecule has 2 aromatic rings. The summed E-state index contributed by atoms with van der Waals surface area (Å²) < 4.78 is 1.95. The van der Waals surface area contributed by atoms with E-state index in [1.807, 2.05) is 29.8 Å². The van der Waals surface area contributed by atoms with Crippen molar-refractivity contribution in [2.75, 3.05) is 0 Å². The second-order valence-electron chi connectivity index (χ2n) is 4.59. The first-order chi connectivity index (χ1) is 9.24. The van der Waals surface area contributed by atoms with Crippen LogP contribution < -0.4 is 5.32 Å². The van der Waals surface area contributed by atoms with Crippen LogP contribution in [0.2, 0.25) is 0 Å². The quantitative estimate of drug-likeness (QED) is 0.852. The first-order valence-electron chi connectivity index (χ1n) is 6.38. The number of pyridine rings is 1. The molecule has 19 heavy (non-hydrogen) atoms. The summed E-state index contributed by atoms with van der Waals surface area (Å²) in [7, 11) is 0. The largest absolute Gasteiger partial charge is 0.352 e. The maximum Gasteiger partial charge on any atom is 0.220 e. The van der Waals surface area contributed by atoms with Crippen LogP contribution in [-0.4, -0.2) is 26.5 Å². The van der Waals surface area contributed by atoms with E-state index in [4.69, 9.17) is 0 Å². The molecule has 0 aliphatic heterocycles. The Labute approximate surface area is 112 Å². The molecule has 1 unspecified atom stereocenters. The molecule has 5 nitrogen and oxygen atoms in total. The maximum absolute atomic E-state index is 11.8. The van der Waals surface area contributed by atoms with Crippen LogP contribution in [0.5, 0.6) is 0 Å². The average Bonchev–Trinajstić information content (AvgIpc) is 2.90. The molecule has 0 fully saturated rings. The lowest BCUT2D eigenvalue weighted by Crippen LogP contribution is -2.35. The van der Waals surface area contributed by atoms with Crippen molar-refractivity contribution in [2.24, 2.45) is 0 Å². The van der Waals surface area contributed by atoms with Crippen molar-refractivity contribution in [1.29, 1.82) is 0 Å². The lowest BCUT2D eigenvalue weighted by atomic mass is 10.1. The van der Waals surface area contributed by atoms with E-state index >= 15 is 0 Å². The van der Waals surface area contributed by atoms with Crippen LogP contribution in [0.25, 0.3) is 0 Å². The summed E-state index contributed by atoms with van der Waals surface area (Å²) in [5, 5.41) is 2.98. The van der Waals surface area contributed by atoms with Gasteiger partial charge in [-0.1, -0.05) is 6.07 Å². The Kier molecular flexibility index (Phi) is 4.66. The van der Waals surface area contributed by atoms with E-state index in [0.29, 0.717) is 6.42 Å². The van der Waals surface area contributed by atoms with Crippen LogP contribution in [0.4, 0.5) is 0 Å². The molecule has 1 atom stereocenters. The highest BCUT2D eigenvalue weighted by molar-refractivity contribution is 5.76. The van der Waals surface area contributed by atoms with Crippen LogP contribution in [0.15, 0.2) is 43.2 Å². The maximum atomic E-state index is 11.8. The van der Waals surface area contributed by atoms with Crippen molar-refractivity contribution in [2.45, 2.75) is 32.4 Å². The summed E-state index contributed by atoms with van der Waals surface area (Å²) in [4.78, 5) is 19.8. The van der Waals surface area contributed by atoms with Crippen LogP contribution >= 0.6 is 0 Å². The van der Waals surface area contributed by atoms with E-state index in [9.17, 15) is 4.79 Å². The SMILES string of the molecule is CC(Cn1ccnc1)NC(=O)CCc1cccnc1. The van der Waals surface area contributed by atoms with Gasteiger partial charge < -0.3 is 9.88 Å². The summed E-state index contributed by atoms with van der Waals surface area (Å²) in [6, 6.07) is 3.96. The van der Waals surface area contributed by atoms with Crippen molar-refractivity contribution >= 4 is 5.91 Å². The van der Waals surface area contributed by atoms with Crippen molar-refractivity contribution in [1.82, 2.24) is 19.9 Å². The summed E-state index contributed by atoms with van der Waals surface area (Å²) >= 11 is 0. The molecule has 2 rings (SSSR count). The number of amides is 1. The Hall–Kier alpha value is -2.17. The molecule has 0 radical (unpaired) electrons. The summed E-state index contributed by atoms with van der Waals surface area (Å²) in [6.07, 6.45) is 10.1. The Morgan fingerprint density at radius 2 is 2.32 bits per heavy atom. The first kappa shape index (κ1) is 13.3. The third-order valence-electron chi connectivity index (χ3n) is 2.81. The zero-order valence-corrected chi connectivity index (χ0v) is 11.0. The molecule has 2 aromatic heterocycles. The minimum atomic E-state index is 0.0662. The van der Waals surface area contributed by atoms with E-state index in [1.54, 1.807) is 24.9 Å². The zero-order valence-electron chi connectivity index (χ0n) is 11.0. The van der Waals surface area contributed by atoms with Crippen molar-refractivity contribution in [3.05, 3.63) is 48.8 Å². The fourth-order valence-electron chi connectivity index (χ4n) is 1.91. The van der Waals surface area contributed by atoms with E-state index in [0.717, 1.165) is 18.5 Å². The number of imidazole rings is 1. The Bertz CT molecular complexity index is 495. The van der Waals surface area contributed by atoms with Crippen molar-refractivity contribution in [3.8, 4) is 0 Å². The van der Waals surface area contributed by atoms with E-state index in [1.165, 1.54) is 0 Å². The second kappa shape index (κ2) is 6.68. The number of nitrogens with zero attached hydrogens (tertiary/aromatic N) is 3. The summed E-state index contributed by atoms with van der Waals surface area (Å²) in [5.74, 6) is 0.0662. The molecule has 0 bridgehead atoms. The second-order valence-corrected chi connectivity index (χ2v) is 4.59. The van der Waals surface area contributed by atoms with Crippen LogP contribution in [0.3, 0.4) is 0 Å². The number of aryl methyl sites for hydroxylation is 1. The lowest BCUT2D eigenvalue weighted by Gasteiger charge is -2.14. The molecule has 1 N–H and O–H groups in total. The third kappa shape index (κ3) is 4.54. The zero-order chi connectivity index (χ0) is 13.5. The van der Waals surface area contributed by atoms with Gasteiger partial charge in [0.25, 0.3) is 0 Å². The first-order valence-corrected chi connectivity index (χ1v) is 6.38. The number of aromatic nitrogens is 3. The molecule has 0 saturated heterocycles. The fourth-order valence-corrected chi connectivity index (χ4v) is 1.91. The van der Waals surface area contributed by atoms with Gasteiger partial charge in [-0.2, -0.15) is 0 Å². The normalized spacial score (nSPS) is 12.1. The Morgan fingerprint density at radius 3 is 3.00 bits per heavy atom. The molecule has 0 saturated carbocycles. The van der Waals surface area contributed by atoms with E-state index < -0.39 is 0 Å². The number of carbonyl (C=O) groups is 1. The standard InChI is InChI=1S/C14H18N4O/c1-12(10-18-8-7-16-11-18)17-14(19)5-4-13-3-2-6-15-9-13/h2-3,6-9,11-12H,4-5,10H2,1H3,(H,17,19). The van der Waals surface area contributed by atoms with Gasteiger partial charge in [-0.05, 0) is 25.0 Å². The number of carbonyl (C=O) groups excluding carboxylic acids is 1. The summed E-state index contributed by atoms with van der Waals surface area (Å²) in [5.41, 5.74) is 1.08. The molecule has 100 valence electrons. The predicted octanol–water partition coefficient (Wildman–Crippen LogP) is 1.42. The molecule has 5 heteroatoms. The van der Waals surface area contributed by atoms with Gasteiger partial charge in [0.2, 0.25) is 5.91 Å². The minimum absolute atomic E-state index is 0.0662. The number of hydrogen-bond acceptors (Lipinski definition) is 3. The number of nitrogens with one attached hydrogen (secondary N) is 1. The van der Waals surface area contributed by atoms with Gasteiger partial charge in [0, 0.05) is 43.8 Å². The highest BCUT2D eigenvalue weighted by atomic mass is 16.1. The van der Waals surface area contributed by atoms with Gasteiger partial charge >= 0.3 is 0 Å². The highest BCUT2D eigenvalue weighted by Crippen LogP contribution is 2.01. The molecule has 1 amide bonds. The smallest absolute Gasteiger partial charge is 0.220 e. The number of hydrogen-bond donors (Lipinski definition) is 1. The van der Waals surface area contributed by atoms with Crippen LogP contribution in [0.1, 0.15) is 18.9 Å². The molecule has 0 aliphatic rings. The minimum Gasteiger partial charge on any atom is -0.352 e. The molecule has 2 heterocycles. The fraction of sp³-hybridized carbons (Fsp3) is 0.357. The molecule has 0 aromatic carbocycles. The average molecular weight is 258 g/mol. The molecular weight excluding hydrogens is 240 g/mol. The molecule has 0 aliphatic carbocycles. The van der Waals surface area contributed by atoms with Crippen LogP contribution in [-0.2, 0) is 17.8 Å². The van der Waals surface area contributed by atoms with Gasteiger partial charge in [0.1, 0.15) is 0 Å². The van der Waals surface area contributed by atoms with E-state index in [2.05, 4.69) is 15.3 Å². The van der Waals surface area contributed by atoms with Gasteiger partial charge in [-0.3, -0.25) is 9.78 Å². The van der Waals surface area contributed by atoms with Gasteiger partial charge in [0.05, 0.1) is 6.33 Å². The summed E-state index contributed by atoms with van der Waals surface area (Å²) in [6.45, 7) is 2.72. The third-order valence-corrected chi connectivity index (χ3v) is 2.81. The van der Waals surface area contributed by atoms with Gasteiger partial charge in [0.15, 0.2) is 0 Å². The van der Waals surface area contributed by atoms with Crippen LogP contribution in [0, 0.1) is 0 Å². The monoisotopic (exact) mass is 258 g/mol. The number of rotatable bonds is 6. The Balaban J connectivity index is 1.72. The van der Waals surface area contributed by atoms with Gasteiger partial charge in [-0.15, -0.1) is 0 Å². The molecular formula is C14H18N4O. The van der Waals surface area contributed by atoms with E-state index in [-0.39, 0.29) is 11.9 Å². The highest BCUT2D eigenvalue weighted by Gasteiger charge is 2.08. The molecule has 0 spiro atoms. The van der Waals surface area contributed by atoms with Crippen molar-refractivity contribution < 1.29 is 4.79 Å². The Morgan fingerprint density at radius 1 is 1.42 bits per heavy atom. The van der Waals surface area contributed by atoms with Crippen molar-refractivity contribution in [3.63, 3.8) is 0 Å². The lowest BCUT2D eigenvalue weighted by molar-refractivity contribution is -0.121.